The maximum absolute atomic E-state index is 12.5. The first-order valence-corrected chi connectivity index (χ1v) is 7.46. The van der Waals surface area contributed by atoms with E-state index in [4.69, 9.17) is 5.73 Å². The molecule has 1 aromatic heterocycles. The summed E-state index contributed by atoms with van der Waals surface area (Å²) >= 11 is 1.47. The van der Waals surface area contributed by atoms with Crippen LogP contribution in [0, 0.1) is 0 Å². The second kappa shape index (κ2) is 5.36. The van der Waals surface area contributed by atoms with Gasteiger partial charge in [-0.3, -0.25) is 4.79 Å². The van der Waals surface area contributed by atoms with E-state index in [0.29, 0.717) is 17.8 Å². The molecule has 1 aliphatic heterocycles. The van der Waals surface area contributed by atoms with E-state index in [1.165, 1.54) is 11.3 Å². The van der Waals surface area contributed by atoms with Crippen LogP contribution in [0.3, 0.4) is 0 Å². The number of nitrogens with two attached hydrogens (primary N) is 1. The molecule has 0 aromatic carbocycles. The SMILES string of the molecule is CCC1CCC(C)N1C(=O)c1csc(C(C)N)n1. The highest BCUT2D eigenvalue weighted by Crippen LogP contribution is 2.28. The van der Waals surface area contributed by atoms with Crippen LogP contribution in [0.25, 0.3) is 0 Å². The van der Waals surface area contributed by atoms with E-state index >= 15 is 0 Å². The molecule has 3 atom stereocenters. The Hall–Kier alpha value is -0.940. The first-order chi connectivity index (χ1) is 8.54. The summed E-state index contributed by atoms with van der Waals surface area (Å²) in [6.07, 6.45) is 3.21. The monoisotopic (exact) mass is 267 g/mol. The Bertz CT molecular complexity index is 430. The summed E-state index contributed by atoms with van der Waals surface area (Å²) in [6, 6.07) is 0.588. The highest BCUT2D eigenvalue weighted by Gasteiger charge is 2.34. The number of nitrogens with zero attached hydrogens (tertiary/aromatic N) is 2. The average molecular weight is 267 g/mol. The van der Waals surface area contributed by atoms with E-state index < -0.39 is 0 Å². The lowest BCUT2D eigenvalue weighted by Crippen LogP contribution is -2.39. The van der Waals surface area contributed by atoms with Gasteiger partial charge in [-0.1, -0.05) is 6.92 Å². The van der Waals surface area contributed by atoms with Gasteiger partial charge in [-0.2, -0.15) is 0 Å². The van der Waals surface area contributed by atoms with Gasteiger partial charge < -0.3 is 10.6 Å². The molecule has 0 spiro atoms. The Morgan fingerprint density at radius 2 is 2.39 bits per heavy atom. The zero-order chi connectivity index (χ0) is 13.3. The third-order valence-corrected chi connectivity index (χ3v) is 4.67. The number of amides is 1. The number of aromatic nitrogens is 1. The zero-order valence-corrected chi connectivity index (χ0v) is 12.0. The van der Waals surface area contributed by atoms with Gasteiger partial charge in [0.1, 0.15) is 10.7 Å². The van der Waals surface area contributed by atoms with Crippen LogP contribution in [0.1, 0.15) is 61.6 Å². The molecule has 0 bridgehead atoms. The lowest BCUT2D eigenvalue weighted by Gasteiger charge is -2.27. The van der Waals surface area contributed by atoms with Crippen molar-refractivity contribution in [1.29, 1.82) is 0 Å². The maximum atomic E-state index is 12.5. The molecule has 0 aliphatic carbocycles. The number of hydrogen-bond acceptors (Lipinski definition) is 4. The van der Waals surface area contributed by atoms with E-state index in [1.54, 1.807) is 0 Å². The third-order valence-electron chi connectivity index (χ3n) is 3.62. The second-order valence-electron chi connectivity index (χ2n) is 5.06. The first kappa shape index (κ1) is 13.5. The normalized spacial score (nSPS) is 25.4. The average Bonchev–Trinajstić information content (AvgIpc) is 2.94. The van der Waals surface area contributed by atoms with E-state index in [2.05, 4.69) is 18.8 Å². The molecule has 1 saturated heterocycles. The number of hydrogen-bond donors (Lipinski definition) is 1. The van der Waals surface area contributed by atoms with Gasteiger partial charge in [-0.25, -0.2) is 4.98 Å². The Morgan fingerprint density at radius 1 is 1.67 bits per heavy atom. The summed E-state index contributed by atoms with van der Waals surface area (Å²) in [5.41, 5.74) is 6.34. The third kappa shape index (κ3) is 2.42. The van der Waals surface area contributed by atoms with Gasteiger partial charge in [-0.15, -0.1) is 11.3 Å². The topological polar surface area (TPSA) is 59.2 Å². The van der Waals surface area contributed by atoms with Gasteiger partial charge in [0.25, 0.3) is 5.91 Å². The van der Waals surface area contributed by atoms with Crippen molar-refractivity contribution in [2.45, 2.75) is 58.2 Å². The largest absolute Gasteiger partial charge is 0.332 e. The molecular weight excluding hydrogens is 246 g/mol. The van der Waals surface area contributed by atoms with E-state index in [-0.39, 0.29) is 11.9 Å². The fraction of sp³-hybridized carbons (Fsp3) is 0.692. The molecule has 5 heteroatoms. The summed E-state index contributed by atoms with van der Waals surface area (Å²) < 4.78 is 0. The Balaban J connectivity index is 2.19. The van der Waals surface area contributed by atoms with Crippen LogP contribution in [-0.4, -0.2) is 27.9 Å². The van der Waals surface area contributed by atoms with Crippen LogP contribution >= 0.6 is 11.3 Å². The van der Waals surface area contributed by atoms with Gasteiger partial charge in [0.2, 0.25) is 0 Å². The molecule has 3 unspecified atom stereocenters. The van der Waals surface area contributed by atoms with Crippen molar-refractivity contribution in [2.75, 3.05) is 0 Å². The van der Waals surface area contributed by atoms with Crippen molar-refractivity contribution < 1.29 is 4.79 Å². The molecule has 1 aliphatic rings. The summed E-state index contributed by atoms with van der Waals surface area (Å²) in [7, 11) is 0. The Labute approximate surface area is 112 Å². The van der Waals surface area contributed by atoms with Crippen molar-refractivity contribution in [3.05, 3.63) is 16.1 Å². The lowest BCUT2D eigenvalue weighted by molar-refractivity contribution is 0.0671. The van der Waals surface area contributed by atoms with Crippen LogP contribution in [0.5, 0.6) is 0 Å². The summed E-state index contributed by atoms with van der Waals surface area (Å²) in [5.74, 6) is 0.0648. The fourth-order valence-corrected chi connectivity index (χ4v) is 3.32. The molecule has 0 radical (unpaired) electrons. The Morgan fingerprint density at radius 3 is 2.94 bits per heavy atom. The predicted molar refractivity (Wildman–Crippen MR) is 73.7 cm³/mol. The molecular formula is C13H21N3OS. The smallest absolute Gasteiger partial charge is 0.273 e. The van der Waals surface area contributed by atoms with Crippen LogP contribution < -0.4 is 5.73 Å². The van der Waals surface area contributed by atoms with Gasteiger partial charge in [0, 0.05) is 17.5 Å². The number of rotatable bonds is 3. The molecule has 100 valence electrons. The summed E-state index contributed by atoms with van der Waals surface area (Å²) in [6.45, 7) is 6.14. The van der Waals surface area contributed by atoms with Crippen LogP contribution in [0.4, 0.5) is 0 Å². The molecule has 2 N–H and O–H groups in total. The number of carbonyl (C=O) groups is 1. The highest BCUT2D eigenvalue weighted by molar-refractivity contribution is 7.09. The molecule has 4 nitrogen and oxygen atoms in total. The standard InChI is InChI=1S/C13H21N3OS/c1-4-10-6-5-8(2)16(10)13(17)11-7-18-12(15-11)9(3)14/h7-10H,4-6,14H2,1-3H3. The first-order valence-electron chi connectivity index (χ1n) is 6.58. The van der Waals surface area contributed by atoms with E-state index in [9.17, 15) is 4.79 Å². The Kier molecular flexibility index (Phi) is 4.02. The van der Waals surface area contributed by atoms with Gasteiger partial charge in [-0.05, 0) is 33.1 Å². The number of thiazole rings is 1. The van der Waals surface area contributed by atoms with Gasteiger partial charge in [0.15, 0.2) is 0 Å². The maximum Gasteiger partial charge on any atom is 0.273 e. The molecule has 1 aromatic rings. The van der Waals surface area contributed by atoms with E-state index in [0.717, 1.165) is 24.3 Å². The van der Waals surface area contributed by atoms with Gasteiger partial charge in [0.05, 0.1) is 6.04 Å². The van der Waals surface area contributed by atoms with Crippen LogP contribution in [0.15, 0.2) is 5.38 Å². The minimum Gasteiger partial charge on any atom is -0.332 e. The molecule has 1 amide bonds. The van der Waals surface area contributed by atoms with E-state index in [1.807, 2.05) is 17.2 Å². The minimum absolute atomic E-state index is 0.0648. The zero-order valence-electron chi connectivity index (χ0n) is 11.2. The van der Waals surface area contributed by atoms with Gasteiger partial charge >= 0.3 is 0 Å². The molecule has 0 saturated carbocycles. The molecule has 18 heavy (non-hydrogen) atoms. The van der Waals surface area contributed by atoms with Crippen molar-refractivity contribution in [3.8, 4) is 0 Å². The quantitative estimate of drug-likeness (QED) is 0.915. The fourth-order valence-electron chi connectivity index (χ4n) is 2.57. The second-order valence-corrected chi connectivity index (χ2v) is 5.95. The summed E-state index contributed by atoms with van der Waals surface area (Å²) in [4.78, 5) is 18.9. The van der Waals surface area contributed by atoms with Crippen LogP contribution in [0.2, 0.25) is 0 Å². The molecule has 2 rings (SSSR count). The van der Waals surface area contributed by atoms with Crippen molar-refractivity contribution in [2.24, 2.45) is 5.73 Å². The van der Waals surface area contributed by atoms with Crippen molar-refractivity contribution in [3.63, 3.8) is 0 Å². The highest BCUT2D eigenvalue weighted by atomic mass is 32.1. The lowest BCUT2D eigenvalue weighted by atomic mass is 10.1. The number of carbonyl (C=O) groups excluding carboxylic acids is 1. The molecule has 2 heterocycles. The predicted octanol–water partition coefficient (Wildman–Crippen LogP) is 2.57. The minimum atomic E-state index is -0.102. The van der Waals surface area contributed by atoms with Crippen molar-refractivity contribution >= 4 is 17.2 Å². The molecule has 1 fully saturated rings. The van der Waals surface area contributed by atoms with Crippen LogP contribution in [-0.2, 0) is 0 Å². The van der Waals surface area contributed by atoms with Crippen molar-refractivity contribution in [1.82, 2.24) is 9.88 Å². The number of likely N-dealkylation sites (tertiary alicyclic amines) is 1. The summed E-state index contributed by atoms with van der Waals surface area (Å²) in [5, 5.41) is 2.66.